The molecule has 2 aliphatic carbocycles. The van der Waals surface area contributed by atoms with Crippen LogP contribution in [0.3, 0.4) is 0 Å². The first-order valence-corrected chi connectivity index (χ1v) is 19.7. The van der Waals surface area contributed by atoms with E-state index in [4.69, 9.17) is 4.74 Å². The monoisotopic (exact) mass is 725 g/mol. The minimum atomic E-state index is -0.565. The van der Waals surface area contributed by atoms with E-state index in [1.54, 1.807) is 0 Å². The molecule has 0 atom stereocenters. The maximum Gasteiger partial charge on any atom is 0.135 e. The van der Waals surface area contributed by atoms with E-state index in [1.807, 2.05) is 12.1 Å². The van der Waals surface area contributed by atoms with Crippen molar-refractivity contribution in [3.8, 4) is 67.1 Å². The van der Waals surface area contributed by atoms with E-state index in [9.17, 15) is 0 Å². The number of nitrogens with zero attached hydrogens (tertiary/aromatic N) is 1. The van der Waals surface area contributed by atoms with Crippen LogP contribution in [0, 0.1) is 0 Å². The fourth-order valence-corrected chi connectivity index (χ4v) is 10.0. The van der Waals surface area contributed by atoms with Gasteiger partial charge in [-0.2, -0.15) is 0 Å². The second-order valence-corrected chi connectivity index (χ2v) is 15.2. The first-order valence-electron chi connectivity index (χ1n) is 19.7. The molecule has 0 unspecified atom stereocenters. The Balaban J connectivity index is 1.17. The lowest BCUT2D eigenvalue weighted by molar-refractivity contribution is 0.488. The van der Waals surface area contributed by atoms with E-state index >= 15 is 0 Å². The molecule has 3 aliphatic rings. The van der Waals surface area contributed by atoms with Gasteiger partial charge in [-0.15, -0.1) is 0 Å². The molecule has 2 nitrogen and oxygen atoms in total. The zero-order chi connectivity index (χ0) is 37.5. The smallest absolute Gasteiger partial charge is 0.135 e. The minimum Gasteiger partial charge on any atom is -0.456 e. The maximum absolute atomic E-state index is 6.58. The number of para-hydroxylation sites is 3. The predicted molar refractivity (Wildman–Crippen MR) is 234 cm³/mol. The highest BCUT2D eigenvalue weighted by molar-refractivity contribution is 5.99. The predicted octanol–water partition coefficient (Wildman–Crippen LogP) is 14.6. The lowest BCUT2D eigenvalue weighted by atomic mass is 9.66. The van der Waals surface area contributed by atoms with Gasteiger partial charge in [-0.25, -0.2) is 0 Å². The molecule has 0 aromatic heterocycles. The van der Waals surface area contributed by atoms with Crippen LogP contribution in [0.5, 0.6) is 11.5 Å². The van der Waals surface area contributed by atoms with Gasteiger partial charge in [0, 0.05) is 28.2 Å². The summed E-state index contributed by atoms with van der Waals surface area (Å²) >= 11 is 0. The molecule has 57 heavy (non-hydrogen) atoms. The zero-order valence-electron chi connectivity index (χ0n) is 31.1. The first kappa shape index (κ1) is 31.9. The van der Waals surface area contributed by atoms with Crippen molar-refractivity contribution in [1.29, 1.82) is 0 Å². The Bertz CT molecular complexity index is 3020. The molecule has 0 fully saturated rings. The molecule has 0 saturated heterocycles. The van der Waals surface area contributed by atoms with Crippen molar-refractivity contribution < 1.29 is 4.74 Å². The van der Waals surface area contributed by atoms with Crippen LogP contribution in [0.1, 0.15) is 22.3 Å². The zero-order valence-corrected chi connectivity index (χ0v) is 31.1. The maximum atomic E-state index is 6.58. The summed E-state index contributed by atoms with van der Waals surface area (Å²) in [4.78, 5) is 2.42. The van der Waals surface area contributed by atoms with E-state index in [2.05, 4.69) is 205 Å². The van der Waals surface area contributed by atoms with Crippen molar-refractivity contribution in [2.45, 2.75) is 5.41 Å². The molecule has 9 aromatic rings. The van der Waals surface area contributed by atoms with Crippen molar-refractivity contribution in [1.82, 2.24) is 0 Å². The summed E-state index contributed by atoms with van der Waals surface area (Å²) in [5.41, 5.74) is 20.0. The SMILES string of the molecule is c1ccc(N(c2ccc3c(c2)-c2ccccc2Oc2ccccc2-3)c2ccc3c(c2)C2(c4ccccc4-c4ccccc4-3)c3ccccc3-c3ccccc32)cc1. The molecule has 2 heteroatoms. The van der Waals surface area contributed by atoms with Crippen molar-refractivity contribution >= 4 is 17.1 Å². The number of rotatable bonds is 3. The van der Waals surface area contributed by atoms with Crippen LogP contribution in [0.2, 0.25) is 0 Å². The van der Waals surface area contributed by atoms with Gasteiger partial charge in [-0.1, -0.05) is 164 Å². The van der Waals surface area contributed by atoms with Gasteiger partial charge in [-0.05, 0) is 115 Å². The van der Waals surface area contributed by atoms with Crippen LogP contribution in [0.25, 0.3) is 55.6 Å². The fraction of sp³-hybridized carbons (Fsp3) is 0.0182. The summed E-state index contributed by atoms with van der Waals surface area (Å²) < 4.78 is 6.58. The number of anilines is 3. The van der Waals surface area contributed by atoms with E-state index in [0.717, 1.165) is 50.8 Å². The molecule has 1 heterocycles. The number of fused-ring (bicyclic) bond motifs is 17. The summed E-state index contributed by atoms with van der Waals surface area (Å²) in [6.45, 7) is 0. The molecular formula is C55H35NO. The molecule has 266 valence electrons. The van der Waals surface area contributed by atoms with Gasteiger partial charge in [0.25, 0.3) is 0 Å². The third-order valence-corrected chi connectivity index (χ3v) is 12.3. The van der Waals surface area contributed by atoms with Crippen molar-refractivity contribution in [3.05, 3.63) is 235 Å². The van der Waals surface area contributed by atoms with Crippen LogP contribution >= 0.6 is 0 Å². The number of hydrogen-bond acceptors (Lipinski definition) is 2. The summed E-state index contributed by atoms with van der Waals surface area (Å²) in [5.74, 6) is 1.72. The number of ether oxygens (including phenoxy) is 1. The average Bonchev–Trinajstić information content (AvgIpc) is 3.43. The van der Waals surface area contributed by atoms with Crippen LogP contribution in [0.15, 0.2) is 212 Å². The molecule has 0 saturated carbocycles. The summed E-state index contributed by atoms with van der Waals surface area (Å²) in [6, 6.07) is 77.7. The Morgan fingerprint density at radius 2 is 0.649 bits per heavy atom. The van der Waals surface area contributed by atoms with Crippen molar-refractivity contribution in [2.75, 3.05) is 4.90 Å². The lowest BCUT2D eigenvalue weighted by Gasteiger charge is -2.36. The van der Waals surface area contributed by atoms with Crippen LogP contribution in [0.4, 0.5) is 17.1 Å². The Hall–Kier alpha value is -7.42. The van der Waals surface area contributed by atoms with Gasteiger partial charge in [-0.3, -0.25) is 0 Å². The fourth-order valence-electron chi connectivity index (χ4n) is 10.0. The van der Waals surface area contributed by atoms with E-state index in [-0.39, 0.29) is 0 Å². The molecule has 0 amide bonds. The van der Waals surface area contributed by atoms with Gasteiger partial charge >= 0.3 is 0 Å². The first-order chi connectivity index (χ1) is 28.3. The van der Waals surface area contributed by atoms with Gasteiger partial charge in [0.15, 0.2) is 0 Å². The van der Waals surface area contributed by atoms with E-state index < -0.39 is 5.41 Å². The molecule has 12 rings (SSSR count). The highest BCUT2D eigenvalue weighted by Gasteiger charge is 2.49. The van der Waals surface area contributed by atoms with E-state index in [1.165, 1.54) is 55.6 Å². The highest BCUT2D eigenvalue weighted by Crippen LogP contribution is 2.62. The number of hydrogen-bond donors (Lipinski definition) is 0. The molecule has 0 bridgehead atoms. The van der Waals surface area contributed by atoms with Crippen LogP contribution < -0.4 is 9.64 Å². The molecule has 9 aromatic carbocycles. The normalized spacial score (nSPS) is 13.2. The molecule has 1 aliphatic heterocycles. The minimum absolute atomic E-state index is 0.565. The molecule has 1 spiro atoms. The largest absolute Gasteiger partial charge is 0.456 e. The molecule has 0 radical (unpaired) electrons. The standard InChI is InChI=1S/C55H35NO/c1-2-16-36(17-3-1)56(37-30-32-41-46-23-9-14-28-53(46)57-54-29-15-10-24-47(54)48(41)34-37)38-31-33-45-40-19-5-4-18-39(40)42-20-6-11-25-49(42)55(52(45)35-38)50-26-12-7-21-43(50)44-22-8-13-27-51(44)55/h1-35H. The van der Waals surface area contributed by atoms with Crippen molar-refractivity contribution in [2.24, 2.45) is 0 Å². The third-order valence-electron chi connectivity index (χ3n) is 12.3. The quantitative estimate of drug-likeness (QED) is 0.180. The van der Waals surface area contributed by atoms with Gasteiger partial charge in [0.2, 0.25) is 0 Å². The van der Waals surface area contributed by atoms with Gasteiger partial charge in [0.05, 0.1) is 5.41 Å². The highest BCUT2D eigenvalue weighted by atomic mass is 16.5. The van der Waals surface area contributed by atoms with Crippen molar-refractivity contribution in [3.63, 3.8) is 0 Å². The van der Waals surface area contributed by atoms with Gasteiger partial charge < -0.3 is 9.64 Å². The third kappa shape index (κ3) is 4.53. The second-order valence-electron chi connectivity index (χ2n) is 15.2. The Kier molecular flexibility index (Phi) is 6.88. The Labute approximate surface area is 332 Å². The molecular weight excluding hydrogens is 691 g/mol. The Morgan fingerprint density at radius 1 is 0.263 bits per heavy atom. The topological polar surface area (TPSA) is 12.5 Å². The Morgan fingerprint density at radius 3 is 1.23 bits per heavy atom. The second kappa shape index (κ2) is 12.3. The summed E-state index contributed by atoms with van der Waals surface area (Å²) in [5, 5.41) is 0. The van der Waals surface area contributed by atoms with Gasteiger partial charge in [0.1, 0.15) is 11.5 Å². The van der Waals surface area contributed by atoms with Crippen LogP contribution in [-0.2, 0) is 5.41 Å². The molecule has 0 N–H and O–H groups in total. The lowest BCUT2D eigenvalue weighted by Crippen LogP contribution is -2.29. The summed E-state index contributed by atoms with van der Waals surface area (Å²) in [7, 11) is 0. The number of benzene rings is 9. The summed E-state index contributed by atoms with van der Waals surface area (Å²) in [6.07, 6.45) is 0. The van der Waals surface area contributed by atoms with E-state index in [0.29, 0.717) is 0 Å². The van der Waals surface area contributed by atoms with Crippen LogP contribution in [-0.4, -0.2) is 0 Å². The average molecular weight is 726 g/mol.